The summed E-state index contributed by atoms with van der Waals surface area (Å²) in [5, 5.41) is 13.4. The quantitative estimate of drug-likeness (QED) is 0.676. The predicted molar refractivity (Wildman–Crippen MR) is 73.3 cm³/mol. The van der Waals surface area contributed by atoms with Gasteiger partial charge in [0.15, 0.2) is 0 Å². The second-order valence-corrected chi connectivity index (χ2v) is 5.18. The minimum Gasteiger partial charge on any atom is -0.397 e. The van der Waals surface area contributed by atoms with Crippen molar-refractivity contribution in [1.29, 1.82) is 0 Å². The van der Waals surface area contributed by atoms with Crippen LogP contribution in [0.1, 0.15) is 12.5 Å². The van der Waals surface area contributed by atoms with Crippen molar-refractivity contribution in [3.8, 4) is 0 Å². The molecule has 4 nitrogen and oxygen atoms in total. The van der Waals surface area contributed by atoms with Gasteiger partial charge < -0.3 is 21.1 Å². The summed E-state index contributed by atoms with van der Waals surface area (Å²) >= 11 is 0. The van der Waals surface area contributed by atoms with Crippen LogP contribution in [0.25, 0.3) is 0 Å². The third-order valence-corrected chi connectivity index (χ3v) is 2.53. The molecule has 0 spiro atoms. The van der Waals surface area contributed by atoms with Crippen LogP contribution in [-0.4, -0.2) is 42.8 Å². The monoisotopic (exact) mass is 237 g/mol. The fourth-order valence-electron chi connectivity index (χ4n) is 1.85. The minimum atomic E-state index is -0.778. The average molecular weight is 237 g/mol. The lowest BCUT2D eigenvalue weighted by Gasteiger charge is -2.27. The molecule has 0 aromatic heterocycles. The van der Waals surface area contributed by atoms with Gasteiger partial charge in [-0.3, -0.25) is 0 Å². The number of aliphatic hydroxyl groups is 1. The number of hydrogen-bond donors (Lipinski definition) is 3. The number of likely N-dealkylation sites (N-methyl/N-ethyl adjacent to an activating group) is 1. The Hall–Kier alpha value is -1.26. The molecule has 0 bridgehead atoms. The van der Waals surface area contributed by atoms with Crippen molar-refractivity contribution < 1.29 is 5.11 Å². The van der Waals surface area contributed by atoms with Crippen LogP contribution >= 0.6 is 0 Å². The molecule has 0 saturated heterocycles. The fraction of sp³-hybridized carbons (Fsp3) is 0.538. The molecule has 96 valence electrons. The molecule has 0 radical (unpaired) electrons. The standard InChI is InChI=1S/C13H23N3O/c1-10-5-6-11(14)12(7-10)15-8-13(2,17)9-16(3)4/h5-7,15,17H,8-9,14H2,1-4H3. The number of nitrogens with one attached hydrogen (secondary N) is 1. The van der Waals surface area contributed by atoms with Crippen LogP contribution in [0, 0.1) is 6.92 Å². The molecule has 0 heterocycles. The Bertz CT molecular complexity index is 375. The van der Waals surface area contributed by atoms with Crippen molar-refractivity contribution in [3.05, 3.63) is 23.8 Å². The lowest BCUT2D eigenvalue weighted by atomic mass is 10.1. The van der Waals surface area contributed by atoms with E-state index in [4.69, 9.17) is 5.73 Å². The molecular formula is C13H23N3O. The second-order valence-electron chi connectivity index (χ2n) is 5.18. The number of aryl methyl sites for hydroxylation is 1. The third kappa shape index (κ3) is 4.63. The van der Waals surface area contributed by atoms with Crippen LogP contribution in [0.15, 0.2) is 18.2 Å². The number of nitrogens with zero attached hydrogens (tertiary/aromatic N) is 1. The van der Waals surface area contributed by atoms with Gasteiger partial charge in [0.2, 0.25) is 0 Å². The summed E-state index contributed by atoms with van der Waals surface area (Å²) in [6, 6.07) is 5.83. The smallest absolute Gasteiger partial charge is 0.0917 e. The molecular weight excluding hydrogens is 214 g/mol. The van der Waals surface area contributed by atoms with Gasteiger partial charge in [-0.1, -0.05) is 6.07 Å². The first-order valence-electron chi connectivity index (χ1n) is 5.77. The number of hydrogen-bond acceptors (Lipinski definition) is 4. The summed E-state index contributed by atoms with van der Waals surface area (Å²) in [6.45, 7) is 4.90. The Kier molecular flexibility index (Phi) is 4.37. The molecule has 0 aliphatic heterocycles. The first-order valence-corrected chi connectivity index (χ1v) is 5.77. The molecule has 0 aliphatic carbocycles. The number of rotatable bonds is 5. The van der Waals surface area contributed by atoms with E-state index in [1.807, 2.05) is 51.0 Å². The Labute approximate surface area is 103 Å². The highest BCUT2D eigenvalue weighted by atomic mass is 16.3. The van der Waals surface area contributed by atoms with Gasteiger partial charge in [-0.25, -0.2) is 0 Å². The summed E-state index contributed by atoms with van der Waals surface area (Å²) in [4.78, 5) is 1.96. The van der Waals surface area contributed by atoms with Crippen LogP contribution in [0.4, 0.5) is 11.4 Å². The van der Waals surface area contributed by atoms with E-state index in [1.165, 1.54) is 0 Å². The van der Waals surface area contributed by atoms with E-state index < -0.39 is 5.60 Å². The lowest BCUT2D eigenvalue weighted by Crippen LogP contribution is -2.43. The Morgan fingerprint density at radius 2 is 2.06 bits per heavy atom. The minimum absolute atomic E-state index is 0.471. The zero-order valence-electron chi connectivity index (χ0n) is 11.1. The highest BCUT2D eigenvalue weighted by molar-refractivity contribution is 5.67. The number of benzene rings is 1. The zero-order chi connectivity index (χ0) is 13.1. The SMILES string of the molecule is Cc1ccc(N)c(NCC(C)(O)CN(C)C)c1. The largest absolute Gasteiger partial charge is 0.397 e. The van der Waals surface area contributed by atoms with E-state index in [2.05, 4.69) is 5.32 Å². The maximum Gasteiger partial charge on any atom is 0.0917 e. The number of nitrogens with two attached hydrogens (primary N) is 1. The molecule has 0 saturated carbocycles. The van der Waals surface area contributed by atoms with Crippen molar-refractivity contribution in [1.82, 2.24) is 4.90 Å². The van der Waals surface area contributed by atoms with Crippen molar-refractivity contribution >= 4 is 11.4 Å². The molecule has 17 heavy (non-hydrogen) atoms. The molecule has 0 aliphatic rings. The van der Waals surface area contributed by atoms with Gasteiger partial charge in [-0.05, 0) is 45.6 Å². The second kappa shape index (κ2) is 5.38. The summed E-state index contributed by atoms with van der Waals surface area (Å²) in [7, 11) is 3.88. The molecule has 4 N–H and O–H groups in total. The topological polar surface area (TPSA) is 61.5 Å². The predicted octanol–water partition coefficient (Wildman–Crippen LogP) is 1.30. The molecule has 1 rings (SSSR count). The van der Waals surface area contributed by atoms with Crippen molar-refractivity contribution in [2.75, 3.05) is 38.2 Å². The van der Waals surface area contributed by atoms with E-state index in [-0.39, 0.29) is 0 Å². The van der Waals surface area contributed by atoms with E-state index in [0.29, 0.717) is 18.8 Å². The van der Waals surface area contributed by atoms with Crippen LogP contribution in [-0.2, 0) is 0 Å². The first-order chi connectivity index (χ1) is 7.80. The molecule has 0 amide bonds. The van der Waals surface area contributed by atoms with Gasteiger partial charge in [-0.15, -0.1) is 0 Å². The number of anilines is 2. The zero-order valence-corrected chi connectivity index (χ0v) is 11.1. The fourth-order valence-corrected chi connectivity index (χ4v) is 1.85. The van der Waals surface area contributed by atoms with E-state index in [0.717, 1.165) is 11.3 Å². The Balaban J connectivity index is 2.63. The molecule has 4 heteroatoms. The van der Waals surface area contributed by atoms with Gasteiger partial charge in [0.25, 0.3) is 0 Å². The van der Waals surface area contributed by atoms with Gasteiger partial charge >= 0.3 is 0 Å². The highest BCUT2D eigenvalue weighted by Crippen LogP contribution is 2.20. The summed E-state index contributed by atoms with van der Waals surface area (Å²) in [6.07, 6.45) is 0. The van der Waals surface area contributed by atoms with Gasteiger partial charge in [-0.2, -0.15) is 0 Å². The van der Waals surface area contributed by atoms with Crippen molar-refractivity contribution in [3.63, 3.8) is 0 Å². The molecule has 1 atom stereocenters. The van der Waals surface area contributed by atoms with Gasteiger partial charge in [0.1, 0.15) is 0 Å². The van der Waals surface area contributed by atoms with Gasteiger partial charge in [0.05, 0.1) is 17.0 Å². The van der Waals surface area contributed by atoms with Crippen LogP contribution in [0.3, 0.4) is 0 Å². The molecule has 1 unspecified atom stereocenters. The Morgan fingerprint density at radius 1 is 1.41 bits per heavy atom. The lowest BCUT2D eigenvalue weighted by molar-refractivity contribution is 0.0460. The molecule has 0 fully saturated rings. The maximum atomic E-state index is 10.2. The third-order valence-electron chi connectivity index (χ3n) is 2.53. The molecule has 1 aromatic carbocycles. The summed E-state index contributed by atoms with van der Waals surface area (Å²) < 4.78 is 0. The summed E-state index contributed by atoms with van der Waals surface area (Å²) in [5.74, 6) is 0. The highest BCUT2D eigenvalue weighted by Gasteiger charge is 2.21. The average Bonchev–Trinajstić information content (AvgIpc) is 2.17. The van der Waals surface area contributed by atoms with Gasteiger partial charge in [0, 0.05) is 13.1 Å². The van der Waals surface area contributed by atoms with E-state index in [1.54, 1.807) is 0 Å². The van der Waals surface area contributed by atoms with Crippen LogP contribution < -0.4 is 11.1 Å². The van der Waals surface area contributed by atoms with Crippen LogP contribution in [0.5, 0.6) is 0 Å². The normalized spacial score (nSPS) is 14.7. The summed E-state index contributed by atoms with van der Waals surface area (Å²) in [5.41, 5.74) is 7.82. The number of nitrogen functional groups attached to an aromatic ring is 1. The van der Waals surface area contributed by atoms with E-state index in [9.17, 15) is 5.11 Å². The molecule has 1 aromatic rings. The van der Waals surface area contributed by atoms with Crippen molar-refractivity contribution in [2.45, 2.75) is 19.4 Å². The van der Waals surface area contributed by atoms with Crippen molar-refractivity contribution in [2.24, 2.45) is 0 Å². The maximum absolute atomic E-state index is 10.2. The van der Waals surface area contributed by atoms with E-state index >= 15 is 0 Å². The van der Waals surface area contributed by atoms with Crippen LogP contribution in [0.2, 0.25) is 0 Å². The Morgan fingerprint density at radius 3 is 2.65 bits per heavy atom. The first kappa shape index (κ1) is 13.8.